The SMILES string of the molecule is CC(=O)OCC[C@H]1C(=O)N2C(C(=O)OCOC(=O)C(C)(C)C)=C(C)C(=O)S[C@@H]12. The van der Waals surface area contributed by atoms with Gasteiger partial charge in [0.2, 0.25) is 17.8 Å². The summed E-state index contributed by atoms with van der Waals surface area (Å²) in [6, 6.07) is 0. The summed E-state index contributed by atoms with van der Waals surface area (Å²) >= 11 is 0.943. The van der Waals surface area contributed by atoms with Gasteiger partial charge in [0.15, 0.2) is 0 Å². The molecule has 1 fully saturated rings. The maximum Gasteiger partial charge on any atom is 0.358 e. The predicted molar refractivity (Wildman–Crippen MR) is 97.2 cm³/mol. The molecule has 10 heteroatoms. The van der Waals surface area contributed by atoms with Crippen molar-refractivity contribution in [2.24, 2.45) is 11.3 Å². The number of fused-ring (bicyclic) bond motifs is 1. The Bertz CT molecular complexity index is 751. The van der Waals surface area contributed by atoms with E-state index in [1.54, 1.807) is 20.8 Å². The second kappa shape index (κ2) is 8.34. The Kier molecular flexibility index (Phi) is 6.53. The number of carbonyl (C=O) groups is 5. The van der Waals surface area contributed by atoms with Crippen LogP contribution in [0.3, 0.4) is 0 Å². The maximum absolute atomic E-state index is 12.5. The van der Waals surface area contributed by atoms with Crippen molar-refractivity contribution in [3.8, 4) is 0 Å². The van der Waals surface area contributed by atoms with Crippen LogP contribution in [0, 0.1) is 11.3 Å². The van der Waals surface area contributed by atoms with E-state index < -0.39 is 41.4 Å². The Morgan fingerprint density at radius 3 is 2.32 bits per heavy atom. The van der Waals surface area contributed by atoms with Crippen LogP contribution in [0.25, 0.3) is 0 Å². The normalized spacial score (nSPS) is 21.7. The topological polar surface area (TPSA) is 116 Å². The monoisotopic (exact) mass is 413 g/mol. The lowest BCUT2D eigenvalue weighted by Gasteiger charge is -2.48. The fourth-order valence-corrected chi connectivity index (χ4v) is 3.86. The van der Waals surface area contributed by atoms with E-state index in [1.807, 2.05) is 0 Å². The number of β-lactam (4-membered cyclic amide) rings is 1. The Morgan fingerprint density at radius 2 is 1.75 bits per heavy atom. The molecule has 28 heavy (non-hydrogen) atoms. The molecule has 2 rings (SSSR count). The van der Waals surface area contributed by atoms with Crippen LogP contribution in [-0.2, 0) is 38.2 Å². The number of carbonyl (C=O) groups excluding carboxylic acids is 5. The molecule has 0 aromatic heterocycles. The number of hydrogen-bond acceptors (Lipinski definition) is 9. The van der Waals surface area contributed by atoms with E-state index in [1.165, 1.54) is 18.7 Å². The zero-order valence-corrected chi connectivity index (χ0v) is 17.2. The minimum absolute atomic E-state index is 0.0516. The van der Waals surface area contributed by atoms with E-state index in [-0.39, 0.29) is 35.3 Å². The molecule has 0 N–H and O–H groups in total. The van der Waals surface area contributed by atoms with Crippen molar-refractivity contribution < 1.29 is 38.2 Å². The average Bonchev–Trinajstić information content (AvgIpc) is 2.59. The molecular formula is C18H23NO8S. The van der Waals surface area contributed by atoms with Crippen LogP contribution < -0.4 is 0 Å². The lowest BCUT2D eigenvalue weighted by atomic mass is 9.92. The van der Waals surface area contributed by atoms with Crippen molar-refractivity contribution in [2.45, 2.75) is 46.4 Å². The van der Waals surface area contributed by atoms with Gasteiger partial charge >= 0.3 is 17.9 Å². The molecule has 0 saturated carbocycles. The molecule has 0 spiro atoms. The maximum atomic E-state index is 12.5. The van der Waals surface area contributed by atoms with Crippen LogP contribution >= 0.6 is 11.8 Å². The van der Waals surface area contributed by atoms with Crippen molar-refractivity contribution in [3.05, 3.63) is 11.3 Å². The fourth-order valence-electron chi connectivity index (χ4n) is 2.64. The van der Waals surface area contributed by atoms with E-state index in [0.29, 0.717) is 0 Å². The minimum Gasteiger partial charge on any atom is -0.466 e. The zero-order chi connectivity index (χ0) is 21.2. The van der Waals surface area contributed by atoms with E-state index in [9.17, 15) is 24.0 Å². The third-order valence-electron chi connectivity index (χ3n) is 4.20. The summed E-state index contributed by atoms with van der Waals surface area (Å²) < 4.78 is 14.7. The highest BCUT2D eigenvalue weighted by Gasteiger charge is 2.55. The molecule has 1 saturated heterocycles. The first-order valence-corrected chi connectivity index (χ1v) is 9.55. The third-order valence-corrected chi connectivity index (χ3v) is 5.50. The molecule has 2 heterocycles. The summed E-state index contributed by atoms with van der Waals surface area (Å²) in [6.45, 7) is 7.09. The summed E-state index contributed by atoms with van der Waals surface area (Å²) in [7, 11) is 0. The van der Waals surface area contributed by atoms with Crippen molar-refractivity contribution in [1.82, 2.24) is 4.90 Å². The van der Waals surface area contributed by atoms with Crippen LogP contribution in [-0.4, -0.2) is 52.6 Å². The minimum atomic E-state index is -0.912. The van der Waals surface area contributed by atoms with Crippen LogP contribution in [0.2, 0.25) is 0 Å². The molecule has 1 amide bonds. The molecule has 2 atom stereocenters. The summed E-state index contributed by atoms with van der Waals surface area (Å²) in [5.41, 5.74) is -0.804. The molecule has 154 valence electrons. The summed E-state index contributed by atoms with van der Waals surface area (Å²) in [4.78, 5) is 61.0. The number of amides is 1. The standard InChI is InChI=1S/C18H23NO8S/c1-9-12(15(22)26-8-27-17(24)18(3,4)5)19-13(21)11(6-7-25-10(2)20)14(19)28-16(9)23/h11,14H,6-8H2,1-5H3/t11-,14-/m0/s1. The molecule has 0 bridgehead atoms. The first-order valence-electron chi connectivity index (χ1n) is 8.67. The van der Waals surface area contributed by atoms with Gasteiger partial charge in [-0.25, -0.2) is 4.79 Å². The number of ether oxygens (including phenoxy) is 3. The molecule has 2 aliphatic rings. The number of hydrogen-bond donors (Lipinski definition) is 0. The summed E-state index contributed by atoms with van der Waals surface area (Å²) in [6.07, 6.45) is 0.254. The van der Waals surface area contributed by atoms with Gasteiger partial charge in [0.05, 0.1) is 17.9 Å². The second-order valence-electron chi connectivity index (χ2n) is 7.44. The zero-order valence-electron chi connectivity index (χ0n) is 16.4. The second-order valence-corrected chi connectivity index (χ2v) is 8.53. The summed E-state index contributed by atoms with van der Waals surface area (Å²) in [5.74, 6) is -2.81. The Hall–Kier alpha value is -2.36. The number of nitrogens with zero attached hydrogens (tertiary/aromatic N) is 1. The van der Waals surface area contributed by atoms with Crippen molar-refractivity contribution in [2.75, 3.05) is 13.4 Å². The average molecular weight is 413 g/mol. The van der Waals surface area contributed by atoms with Gasteiger partial charge < -0.3 is 14.2 Å². The van der Waals surface area contributed by atoms with Crippen molar-refractivity contribution in [3.63, 3.8) is 0 Å². The van der Waals surface area contributed by atoms with Gasteiger partial charge in [0.25, 0.3) is 0 Å². The van der Waals surface area contributed by atoms with Gasteiger partial charge in [0.1, 0.15) is 11.1 Å². The van der Waals surface area contributed by atoms with Gasteiger partial charge in [-0.05, 0) is 34.1 Å². The molecule has 2 aliphatic heterocycles. The highest BCUT2D eigenvalue weighted by atomic mass is 32.2. The highest BCUT2D eigenvalue weighted by molar-refractivity contribution is 8.14. The number of esters is 3. The molecule has 0 aliphatic carbocycles. The lowest BCUT2D eigenvalue weighted by molar-refractivity contribution is -0.174. The highest BCUT2D eigenvalue weighted by Crippen LogP contribution is 2.45. The first-order chi connectivity index (χ1) is 12.9. The van der Waals surface area contributed by atoms with Crippen LogP contribution in [0.1, 0.15) is 41.0 Å². The van der Waals surface area contributed by atoms with Gasteiger partial charge in [-0.1, -0.05) is 11.8 Å². The van der Waals surface area contributed by atoms with Gasteiger partial charge in [-0.15, -0.1) is 0 Å². The van der Waals surface area contributed by atoms with Crippen molar-refractivity contribution >= 4 is 40.7 Å². The molecule has 0 aromatic carbocycles. The molecular weight excluding hydrogens is 390 g/mol. The van der Waals surface area contributed by atoms with Crippen LogP contribution in [0.4, 0.5) is 0 Å². The third kappa shape index (κ3) is 4.54. The predicted octanol–water partition coefficient (Wildman–Crippen LogP) is 1.36. The summed E-state index contributed by atoms with van der Waals surface area (Å²) in [5, 5.41) is -0.899. The van der Waals surface area contributed by atoms with E-state index in [2.05, 4.69) is 0 Å². The largest absolute Gasteiger partial charge is 0.466 e. The molecule has 0 unspecified atom stereocenters. The van der Waals surface area contributed by atoms with Gasteiger partial charge in [-0.2, -0.15) is 0 Å². The molecule has 0 radical (unpaired) electrons. The first kappa shape index (κ1) is 21.9. The van der Waals surface area contributed by atoms with E-state index in [0.717, 1.165) is 11.8 Å². The number of rotatable bonds is 6. The van der Waals surface area contributed by atoms with Gasteiger partial charge in [0, 0.05) is 12.5 Å². The quantitative estimate of drug-likeness (QED) is 0.361. The van der Waals surface area contributed by atoms with Crippen molar-refractivity contribution in [1.29, 1.82) is 0 Å². The van der Waals surface area contributed by atoms with Crippen LogP contribution in [0.5, 0.6) is 0 Å². The lowest BCUT2D eigenvalue weighted by Crippen LogP contribution is -2.62. The Balaban J connectivity index is 2.03. The number of thioether (sulfide) groups is 1. The van der Waals surface area contributed by atoms with E-state index >= 15 is 0 Å². The Morgan fingerprint density at radius 1 is 1.11 bits per heavy atom. The smallest absolute Gasteiger partial charge is 0.358 e. The van der Waals surface area contributed by atoms with E-state index in [4.69, 9.17) is 14.2 Å². The Labute approximate surface area is 166 Å². The molecule has 0 aromatic rings. The molecule has 9 nitrogen and oxygen atoms in total. The van der Waals surface area contributed by atoms with Crippen LogP contribution in [0.15, 0.2) is 11.3 Å². The van der Waals surface area contributed by atoms with Gasteiger partial charge in [-0.3, -0.25) is 24.1 Å². The fraction of sp³-hybridized carbons (Fsp3) is 0.611.